The molecule has 1 unspecified atom stereocenters. The smallest absolute Gasteiger partial charge is 0.784 e. The van der Waals surface area contributed by atoms with Gasteiger partial charge in [0.15, 0.2) is 0 Å². The molecule has 0 spiro atoms. The van der Waals surface area contributed by atoms with Gasteiger partial charge in [-0.15, -0.1) is 11.4 Å². The van der Waals surface area contributed by atoms with Gasteiger partial charge in [-0.2, -0.15) is 8.42 Å². The molecule has 13 heavy (non-hydrogen) atoms. The van der Waals surface area contributed by atoms with Gasteiger partial charge in [0.05, 0.1) is 0 Å². The van der Waals surface area contributed by atoms with Crippen LogP contribution in [-0.4, -0.2) is 35.0 Å². The van der Waals surface area contributed by atoms with Crippen molar-refractivity contribution in [3.05, 3.63) is 0 Å². The van der Waals surface area contributed by atoms with Crippen molar-refractivity contribution in [3.63, 3.8) is 0 Å². The fraction of sp³-hybridized carbons (Fsp3) is 0. The molecule has 0 saturated heterocycles. The maximum absolute atomic E-state index is 9.34. The first kappa shape index (κ1) is 24.4. The van der Waals surface area contributed by atoms with Gasteiger partial charge in [-0.05, 0) is 0 Å². The zero-order valence-corrected chi connectivity index (χ0v) is 13.0. The minimum absolute atomic E-state index is 0. The quantitative estimate of drug-likeness (QED) is 0.206. The molecule has 0 aromatic heterocycles. The standard InChI is InChI=1S/2Na.H2O5S2.H2O3S/c;;1-6(2)7(3,4)5;1-4(2)3/h;;(H,1,2)(H,3,4,5);(H2,1,2,3)/q2*+1;;/p-2. The summed E-state index contributed by atoms with van der Waals surface area (Å²) < 4.78 is 68.3. The van der Waals surface area contributed by atoms with Crippen LogP contribution >= 0.6 is 0 Å². The van der Waals surface area contributed by atoms with Crippen molar-refractivity contribution in [1.29, 1.82) is 0 Å². The van der Waals surface area contributed by atoms with Crippen molar-refractivity contribution >= 4 is 30.6 Å². The Labute approximate surface area is 123 Å². The molecule has 0 amide bonds. The second kappa shape index (κ2) is 12.2. The van der Waals surface area contributed by atoms with Crippen molar-refractivity contribution < 1.29 is 94.2 Å². The van der Waals surface area contributed by atoms with Gasteiger partial charge in [-0.3, -0.25) is 13.3 Å². The number of rotatable bonds is 1. The van der Waals surface area contributed by atoms with Crippen LogP contribution < -0.4 is 59.1 Å². The van der Waals surface area contributed by atoms with Gasteiger partial charge in [0.25, 0.3) is 0 Å². The maximum atomic E-state index is 9.34. The third-order valence-corrected chi connectivity index (χ3v) is 1.62. The van der Waals surface area contributed by atoms with Gasteiger partial charge < -0.3 is 9.11 Å². The van der Waals surface area contributed by atoms with E-state index in [1.165, 1.54) is 0 Å². The average Bonchev–Trinajstić information content (AvgIpc) is 1.59. The topological polar surface area (TPSA) is 155 Å². The van der Waals surface area contributed by atoms with Crippen LogP contribution in [0.25, 0.3) is 0 Å². The van der Waals surface area contributed by atoms with Crippen LogP contribution in [0.2, 0.25) is 0 Å². The summed E-state index contributed by atoms with van der Waals surface area (Å²) in [6, 6.07) is 0. The van der Waals surface area contributed by atoms with E-state index in [-0.39, 0.29) is 59.1 Å². The van der Waals surface area contributed by atoms with Crippen LogP contribution in [0.15, 0.2) is 0 Å². The molecule has 0 saturated carbocycles. The summed E-state index contributed by atoms with van der Waals surface area (Å²) in [5.41, 5.74) is 0. The monoisotopic (exact) mass is 272 g/mol. The Morgan fingerprint density at radius 2 is 1.15 bits per heavy atom. The van der Waals surface area contributed by atoms with Crippen molar-refractivity contribution in [2.75, 3.05) is 0 Å². The van der Waals surface area contributed by atoms with E-state index in [0.717, 1.165) is 0 Å². The molecule has 0 aliphatic rings. The van der Waals surface area contributed by atoms with E-state index in [2.05, 4.69) is 0 Å². The molecule has 0 rings (SSSR count). The third-order valence-electron chi connectivity index (χ3n) is 0.180. The van der Waals surface area contributed by atoms with Gasteiger partial charge in [0.2, 0.25) is 0 Å². The fourth-order valence-corrected chi connectivity index (χ4v) is 0. The second-order valence-electron chi connectivity index (χ2n) is 0.849. The van der Waals surface area contributed by atoms with Crippen LogP contribution in [0, 0.1) is 0 Å². The summed E-state index contributed by atoms with van der Waals surface area (Å²) in [6.45, 7) is 0. The molecular weight excluding hydrogens is 270 g/mol. The molecule has 13 heteroatoms. The predicted octanol–water partition coefficient (Wildman–Crippen LogP) is -7.99. The molecule has 0 radical (unpaired) electrons. The van der Waals surface area contributed by atoms with Crippen LogP contribution in [0.3, 0.4) is 0 Å². The first-order valence-corrected chi connectivity index (χ1v) is 5.60. The largest absolute Gasteiger partial charge is 1.00 e. The van der Waals surface area contributed by atoms with Gasteiger partial charge >= 0.3 is 78.4 Å². The van der Waals surface area contributed by atoms with E-state index in [0.29, 0.717) is 0 Å². The molecule has 8 nitrogen and oxygen atoms in total. The molecule has 0 aliphatic heterocycles. The number of hydrogen-bond donors (Lipinski definition) is 2. The van der Waals surface area contributed by atoms with Gasteiger partial charge in [-0.1, -0.05) is 0 Å². The zero-order chi connectivity index (χ0) is 9.65. The van der Waals surface area contributed by atoms with Crippen molar-refractivity contribution in [2.24, 2.45) is 0 Å². The first-order chi connectivity index (χ1) is 4.68. The molecular formula is H2Na2O8S3. The summed E-state index contributed by atoms with van der Waals surface area (Å²) in [7, 11) is -7.87. The molecule has 0 aromatic carbocycles. The van der Waals surface area contributed by atoms with Crippen LogP contribution in [0.1, 0.15) is 0 Å². The Kier molecular flexibility index (Phi) is 22.8. The number of hydrogen-bond acceptors (Lipinski definition) is 6. The summed E-state index contributed by atoms with van der Waals surface area (Å²) in [4.78, 5) is 0. The molecule has 1 atom stereocenters. The zero-order valence-electron chi connectivity index (χ0n) is 6.57. The van der Waals surface area contributed by atoms with Gasteiger partial charge in [0, 0.05) is 0 Å². The van der Waals surface area contributed by atoms with E-state index in [1.807, 2.05) is 0 Å². The molecule has 0 heterocycles. The fourth-order valence-electron chi connectivity index (χ4n) is 0. The van der Waals surface area contributed by atoms with E-state index in [4.69, 9.17) is 22.4 Å². The summed E-state index contributed by atoms with van der Waals surface area (Å²) in [5.74, 6) is 0. The van der Waals surface area contributed by atoms with Crippen LogP contribution in [-0.2, 0) is 30.6 Å². The molecule has 0 aromatic rings. The van der Waals surface area contributed by atoms with Crippen LogP contribution in [0.4, 0.5) is 0 Å². The Morgan fingerprint density at radius 1 is 1.08 bits per heavy atom. The molecule has 0 fully saturated rings. The summed E-state index contributed by atoms with van der Waals surface area (Å²) >= 11 is -3.11. The Balaban J connectivity index is -0.0000000600. The van der Waals surface area contributed by atoms with Gasteiger partial charge in [-0.25, -0.2) is 4.21 Å². The summed E-state index contributed by atoms with van der Waals surface area (Å²) in [6.07, 6.45) is 0. The van der Waals surface area contributed by atoms with E-state index in [1.54, 1.807) is 0 Å². The molecule has 2 N–H and O–H groups in total. The second-order valence-corrected chi connectivity index (χ2v) is 4.67. The third kappa shape index (κ3) is 31.5. The maximum Gasteiger partial charge on any atom is 1.00 e. The molecule has 0 aliphatic carbocycles. The minimum Gasteiger partial charge on any atom is -0.784 e. The Morgan fingerprint density at radius 3 is 1.15 bits per heavy atom. The molecule has 0 bridgehead atoms. The average molecular weight is 272 g/mol. The Bertz CT molecular complexity index is 236. The first-order valence-electron chi connectivity index (χ1n) is 1.53. The summed E-state index contributed by atoms with van der Waals surface area (Å²) in [5, 5.41) is 0. The normalized spacial score (nSPS) is 11.5. The predicted molar refractivity (Wildman–Crippen MR) is 32.0 cm³/mol. The SMILES string of the molecule is O=S(O)S(=O)(=O)O.O=S([O-])[O-].[Na+].[Na+]. The van der Waals surface area contributed by atoms with Crippen LogP contribution in [0.5, 0.6) is 0 Å². The van der Waals surface area contributed by atoms with Crippen molar-refractivity contribution in [3.8, 4) is 0 Å². The van der Waals surface area contributed by atoms with E-state index < -0.39 is 30.6 Å². The van der Waals surface area contributed by atoms with Gasteiger partial charge in [0.1, 0.15) is 0 Å². The van der Waals surface area contributed by atoms with E-state index in [9.17, 15) is 12.6 Å². The Hall–Kier alpha value is 2.09. The molecule has 70 valence electrons. The van der Waals surface area contributed by atoms with Crippen molar-refractivity contribution in [2.45, 2.75) is 0 Å². The minimum atomic E-state index is -4.71. The van der Waals surface area contributed by atoms with E-state index >= 15 is 0 Å². The van der Waals surface area contributed by atoms with Crippen molar-refractivity contribution in [1.82, 2.24) is 0 Å².